The lowest BCUT2D eigenvalue weighted by atomic mass is 10.0. The van der Waals surface area contributed by atoms with Gasteiger partial charge in [-0.3, -0.25) is 18.6 Å². The fourth-order valence-corrected chi connectivity index (χ4v) is 9.47. The van der Waals surface area contributed by atoms with Crippen LogP contribution in [-0.2, 0) is 32.7 Å². The summed E-state index contributed by atoms with van der Waals surface area (Å²) in [6.45, 7) is 4.35. The molecular weight excluding hydrogens is 954 g/mol. The Bertz CT molecular complexity index is 1500. The Kier molecular flexibility index (Phi) is 54.3. The molecule has 0 aromatic carbocycles. The van der Waals surface area contributed by atoms with Crippen LogP contribution in [0, 0.1) is 0 Å². The fourth-order valence-electron chi connectivity index (χ4n) is 8.73. The summed E-state index contributed by atoms with van der Waals surface area (Å²) in [6.07, 6.45) is 74.2. The maximum atomic E-state index is 12.8. The summed E-state index contributed by atoms with van der Waals surface area (Å²) in [5.74, 6) is -0.786. The van der Waals surface area contributed by atoms with Crippen LogP contribution in [0.2, 0.25) is 0 Å². The number of unbranched alkanes of at least 4 members (excludes halogenated alkanes) is 31. The summed E-state index contributed by atoms with van der Waals surface area (Å²) in [7, 11) is 1.49. The minimum atomic E-state index is -4.38. The van der Waals surface area contributed by atoms with Crippen molar-refractivity contribution < 1.29 is 42.1 Å². The first-order chi connectivity index (χ1) is 36.5. The summed E-state index contributed by atoms with van der Waals surface area (Å²) >= 11 is 0. The average molecular weight is 1070 g/mol. The number of quaternary nitrogens is 1. The van der Waals surface area contributed by atoms with Crippen LogP contribution < -0.4 is 0 Å². The second kappa shape index (κ2) is 56.2. The Morgan fingerprint density at radius 2 is 0.760 bits per heavy atom. The van der Waals surface area contributed by atoms with E-state index in [1.54, 1.807) is 0 Å². The number of phosphoric ester groups is 1. The van der Waals surface area contributed by atoms with Crippen molar-refractivity contribution in [1.29, 1.82) is 0 Å². The van der Waals surface area contributed by atoms with Crippen molar-refractivity contribution in [2.45, 2.75) is 283 Å². The lowest BCUT2D eigenvalue weighted by Gasteiger charge is -2.24. The van der Waals surface area contributed by atoms with Gasteiger partial charge in [-0.15, -0.1) is 0 Å². The van der Waals surface area contributed by atoms with Gasteiger partial charge in [-0.05, 0) is 64.2 Å². The van der Waals surface area contributed by atoms with Gasteiger partial charge in [-0.2, -0.15) is 0 Å². The van der Waals surface area contributed by atoms with Crippen LogP contribution in [0.4, 0.5) is 0 Å². The monoisotopic (exact) mass is 1070 g/mol. The van der Waals surface area contributed by atoms with Crippen molar-refractivity contribution in [1.82, 2.24) is 0 Å². The molecule has 0 aliphatic heterocycles. The van der Waals surface area contributed by atoms with E-state index in [0.717, 1.165) is 70.6 Å². The van der Waals surface area contributed by atoms with Crippen LogP contribution >= 0.6 is 7.82 Å². The summed E-state index contributed by atoms with van der Waals surface area (Å²) in [5.41, 5.74) is 0. The number of hydrogen-bond donors (Lipinski definition) is 1. The minimum absolute atomic E-state index is 0.0327. The molecule has 436 valence electrons. The first-order valence-electron chi connectivity index (χ1n) is 31.2. The molecular formula is C65H119NO8P+. The van der Waals surface area contributed by atoms with Crippen molar-refractivity contribution >= 4 is 19.8 Å². The molecule has 1 N–H and O–H groups in total. The van der Waals surface area contributed by atoms with Crippen LogP contribution in [0.25, 0.3) is 0 Å². The molecule has 0 aromatic rings. The molecule has 0 saturated carbocycles. The number of likely N-dealkylation sites (N-methyl/N-ethyl adjacent to an activating group) is 1. The standard InChI is InChI=1S/C65H118NO8P/c1-6-8-10-12-14-16-18-20-22-23-24-25-26-27-28-29-30-31-32-33-34-35-36-37-38-39-40-41-42-43-44-46-48-50-52-54-56-58-65(68)74-63(62-73-75(69,70)72-60-59-66(3,4)5)61-71-64(67)57-55-53-51-49-47-45-21-19-17-15-13-11-9-7-2/h8,10,14,16,20,22,24-25,27-28,30-31,63H,6-7,9,11-13,15,17-19,21,23,26,29,32-62H2,1-5H3/p+1/b10-8-,16-14-,22-20-,25-24-,28-27-,31-30-. The number of carbonyl (C=O) groups excluding carboxylic acids is 2. The second-order valence-electron chi connectivity index (χ2n) is 22.1. The largest absolute Gasteiger partial charge is 0.472 e. The summed E-state index contributed by atoms with van der Waals surface area (Å²) in [6, 6.07) is 0. The molecule has 0 saturated heterocycles. The van der Waals surface area contributed by atoms with E-state index in [9.17, 15) is 19.0 Å². The number of esters is 2. The summed E-state index contributed by atoms with van der Waals surface area (Å²) in [4.78, 5) is 35.7. The van der Waals surface area contributed by atoms with Gasteiger partial charge in [0, 0.05) is 12.8 Å². The Morgan fingerprint density at radius 3 is 1.13 bits per heavy atom. The zero-order valence-corrected chi connectivity index (χ0v) is 50.4. The smallest absolute Gasteiger partial charge is 0.462 e. The number of ether oxygens (including phenoxy) is 2. The van der Waals surface area contributed by atoms with Crippen molar-refractivity contribution in [3.8, 4) is 0 Å². The molecule has 0 aliphatic carbocycles. The molecule has 0 rings (SSSR count). The lowest BCUT2D eigenvalue weighted by molar-refractivity contribution is -0.870. The van der Waals surface area contributed by atoms with Gasteiger partial charge in [0.25, 0.3) is 0 Å². The molecule has 75 heavy (non-hydrogen) atoms. The molecule has 2 unspecified atom stereocenters. The first-order valence-corrected chi connectivity index (χ1v) is 32.7. The Hall–Kier alpha value is -2.55. The van der Waals surface area contributed by atoms with Gasteiger partial charge >= 0.3 is 19.8 Å². The normalized spacial score (nSPS) is 13.7. The zero-order valence-electron chi connectivity index (χ0n) is 49.5. The highest BCUT2D eigenvalue weighted by Gasteiger charge is 2.27. The van der Waals surface area contributed by atoms with Crippen molar-refractivity contribution in [3.05, 3.63) is 72.9 Å². The topological polar surface area (TPSA) is 108 Å². The third-order valence-corrected chi connectivity index (χ3v) is 14.5. The molecule has 0 heterocycles. The Balaban J connectivity index is 3.97. The quantitative estimate of drug-likeness (QED) is 0.0211. The van der Waals surface area contributed by atoms with Gasteiger partial charge in [0.05, 0.1) is 27.7 Å². The van der Waals surface area contributed by atoms with Gasteiger partial charge in [0.1, 0.15) is 19.8 Å². The molecule has 9 nitrogen and oxygen atoms in total. The van der Waals surface area contributed by atoms with E-state index in [4.69, 9.17) is 18.5 Å². The summed E-state index contributed by atoms with van der Waals surface area (Å²) < 4.78 is 34.6. The summed E-state index contributed by atoms with van der Waals surface area (Å²) in [5, 5.41) is 0. The highest BCUT2D eigenvalue weighted by Crippen LogP contribution is 2.43. The van der Waals surface area contributed by atoms with Gasteiger partial charge in [-0.25, -0.2) is 4.57 Å². The van der Waals surface area contributed by atoms with E-state index in [0.29, 0.717) is 23.9 Å². The number of carbonyl (C=O) groups is 2. The SMILES string of the molecule is CC/C=C\C/C=C\C/C=C\C/C=C\C/C=C\C/C=C\CCCCCCCCCCCCCCCCCCCCC(=O)OC(COC(=O)CCCCCCCCCCCCCCCC)COP(=O)(O)OCC[N+](C)(C)C. The van der Waals surface area contributed by atoms with E-state index in [-0.39, 0.29) is 25.6 Å². The number of allylic oxidation sites excluding steroid dienone is 12. The third-order valence-electron chi connectivity index (χ3n) is 13.5. The van der Waals surface area contributed by atoms with Gasteiger partial charge < -0.3 is 18.9 Å². The molecule has 0 aliphatic rings. The first kappa shape index (κ1) is 72.5. The number of nitrogens with zero attached hydrogens (tertiary/aromatic N) is 1. The second-order valence-corrected chi connectivity index (χ2v) is 23.5. The maximum absolute atomic E-state index is 12.8. The van der Waals surface area contributed by atoms with Crippen LogP contribution in [0.15, 0.2) is 72.9 Å². The molecule has 0 spiro atoms. The van der Waals surface area contributed by atoms with Gasteiger partial charge in [-0.1, -0.05) is 273 Å². The van der Waals surface area contributed by atoms with E-state index in [1.807, 2.05) is 21.1 Å². The van der Waals surface area contributed by atoms with Crippen molar-refractivity contribution in [2.75, 3.05) is 47.5 Å². The molecule has 10 heteroatoms. The molecule has 0 radical (unpaired) electrons. The average Bonchev–Trinajstić information content (AvgIpc) is 3.37. The van der Waals surface area contributed by atoms with Crippen LogP contribution in [0.5, 0.6) is 0 Å². The van der Waals surface area contributed by atoms with Gasteiger partial charge in [0.15, 0.2) is 6.10 Å². The minimum Gasteiger partial charge on any atom is -0.462 e. The van der Waals surface area contributed by atoms with E-state index in [1.165, 1.54) is 173 Å². The predicted molar refractivity (Wildman–Crippen MR) is 321 cm³/mol. The molecule has 0 aromatic heterocycles. The lowest BCUT2D eigenvalue weighted by Crippen LogP contribution is -2.37. The Morgan fingerprint density at radius 1 is 0.427 bits per heavy atom. The van der Waals surface area contributed by atoms with Crippen LogP contribution in [0.3, 0.4) is 0 Å². The number of rotatable bonds is 57. The maximum Gasteiger partial charge on any atom is 0.472 e. The predicted octanol–water partition coefficient (Wildman–Crippen LogP) is 19.7. The highest BCUT2D eigenvalue weighted by atomic mass is 31.2. The number of phosphoric acid groups is 1. The molecule has 0 fully saturated rings. The molecule has 0 amide bonds. The number of hydrogen-bond acceptors (Lipinski definition) is 7. The van der Waals surface area contributed by atoms with Crippen LogP contribution in [0.1, 0.15) is 277 Å². The molecule has 2 atom stereocenters. The highest BCUT2D eigenvalue weighted by molar-refractivity contribution is 7.47. The van der Waals surface area contributed by atoms with E-state index in [2.05, 4.69) is 86.8 Å². The van der Waals surface area contributed by atoms with Crippen molar-refractivity contribution in [2.24, 2.45) is 0 Å². The zero-order chi connectivity index (χ0) is 54.9. The van der Waals surface area contributed by atoms with Crippen LogP contribution in [-0.4, -0.2) is 74.9 Å². The molecule has 0 bridgehead atoms. The van der Waals surface area contributed by atoms with Gasteiger partial charge in [0.2, 0.25) is 0 Å². The van der Waals surface area contributed by atoms with E-state index < -0.39 is 26.5 Å². The van der Waals surface area contributed by atoms with Crippen molar-refractivity contribution in [3.63, 3.8) is 0 Å². The Labute approximate surface area is 463 Å². The van der Waals surface area contributed by atoms with E-state index >= 15 is 0 Å². The third kappa shape index (κ3) is 60.5. The fraction of sp³-hybridized carbons (Fsp3) is 0.785.